The molecule has 2 aromatic rings. The monoisotopic (exact) mass is 412 g/mol. The van der Waals surface area contributed by atoms with Crippen LogP contribution in [-0.4, -0.2) is 68.8 Å². The third kappa shape index (κ3) is 3.64. The Bertz CT molecular complexity index is 963. The van der Waals surface area contributed by atoms with Crippen molar-refractivity contribution < 1.29 is 14.4 Å². The molecule has 0 bridgehead atoms. The summed E-state index contributed by atoms with van der Waals surface area (Å²) < 4.78 is 1.69. The van der Waals surface area contributed by atoms with E-state index in [9.17, 15) is 14.4 Å². The first-order chi connectivity index (χ1) is 14.5. The van der Waals surface area contributed by atoms with Gasteiger partial charge in [-0.15, -0.1) is 0 Å². The summed E-state index contributed by atoms with van der Waals surface area (Å²) in [6.07, 6.45) is 7.48. The molecule has 30 heavy (non-hydrogen) atoms. The van der Waals surface area contributed by atoms with Gasteiger partial charge < -0.3 is 15.1 Å². The summed E-state index contributed by atoms with van der Waals surface area (Å²) in [7, 11) is 1.58. The molecule has 9 nitrogen and oxygen atoms in total. The van der Waals surface area contributed by atoms with Crippen LogP contribution in [0.3, 0.4) is 0 Å². The van der Waals surface area contributed by atoms with E-state index in [1.165, 1.54) is 6.20 Å². The Balaban J connectivity index is 1.60. The molecule has 4 rings (SSSR count). The second-order valence-electron chi connectivity index (χ2n) is 8.07. The van der Waals surface area contributed by atoms with E-state index < -0.39 is 0 Å². The fraction of sp³-hybridized carbons (Fsp3) is 0.571. The van der Waals surface area contributed by atoms with Gasteiger partial charge in [0.25, 0.3) is 5.91 Å². The molecule has 0 radical (unpaired) electrons. The maximum Gasteiger partial charge on any atom is 0.256 e. The summed E-state index contributed by atoms with van der Waals surface area (Å²) in [4.78, 5) is 45.3. The van der Waals surface area contributed by atoms with Crippen LogP contribution in [0.5, 0.6) is 0 Å². The minimum absolute atomic E-state index is 0.0578. The number of aromatic nitrogens is 3. The second kappa shape index (κ2) is 8.41. The van der Waals surface area contributed by atoms with Crippen LogP contribution in [0.4, 0.5) is 0 Å². The first-order valence-corrected chi connectivity index (χ1v) is 10.6. The predicted molar refractivity (Wildman–Crippen MR) is 110 cm³/mol. The molecule has 0 aromatic carbocycles. The van der Waals surface area contributed by atoms with E-state index in [2.05, 4.69) is 15.4 Å². The normalized spacial score (nSPS) is 20.4. The van der Waals surface area contributed by atoms with Crippen molar-refractivity contribution in [2.24, 2.45) is 5.92 Å². The lowest BCUT2D eigenvalue weighted by Gasteiger charge is -2.40. The van der Waals surface area contributed by atoms with Crippen molar-refractivity contribution in [1.82, 2.24) is 29.7 Å². The summed E-state index contributed by atoms with van der Waals surface area (Å²) in [5.74, 6) is -0.0610. The number of nitrogens with zero attached hydrogens (tertiary/aromatic N) is 5. The van der Waals surface area contributed by atoms with Crippen LogP contribution in [-0.2, 0) is 9.59 Å². The fourth-order valence-corrected chi connectivity index (χ4v) is 4.64. The van der Waals surface area contributed by atoms with Crippen molar-refractivity contribution in [2.75, 3.05) is 26.7 Å². The van der Waals surface area contributed by atoms with Gasteiger partial charge in [-0.2, -0.15) is 5.10 Å². The van der Waals surface area contributed by atoms with Crippen molar-refractivity contribution in [3.63, 3.8) is 0 Å². The van der Waals surface area contributed by atoms with E-state index in [0.717, 1.165) is 25.0 Å². The van der Waals surface area contributed by atoms with E-state index in [1.807, 2.05) is 15.9 Å². The Labute approximate surface area is 175 Å². The summed E-state index contributed by atoms with van der Waals surface area (Å²) in [6.45, 7) is 3.56. The largest absolute Gasteiger partial charge is 0.355 e. The van der Waals surface area contributed by atoms with Gasteiger partial charge in [0.1, 0.15) is 5.56 Å². The van der Waals surface area contributed by atoms with Crippen LogP contribution < -0.4 is 5.32 Å². The van der Waals surface area contributed by atoms with Gasteiger partial charge in [0.05, 0.1) is 17.9 Å². The number of hydrogen-bond acceptors (Lipinski definition) is 5. The molecule has 2 saturated heterocycles. The molecule has 2 fully saturated rings. The second-order valence-corrected chi connectivity index (χ2v) is 8.07. The van der Waals surface area contributed by atoms with Crippen molar-refractivity contribution >= 4 is 23.4 Å². The molecule has 1 N–H and O–H groups in total. The van der Waals surface area contributed by atoms with Crippen LogP contribution >= 0.6 is 0 Å². The van der Waals surface area contributed by atoms with Crippen LogP contribution in [0.2, 0.25) is 0 Å². The smallest absolute Gasteiger partial charge is 0.256 e. The molecule has 9 heteroatoms. The summed E-state index contributed by atoms with van der Waals surface area (Å²) >= 11 is 0. The van der Waals surface area contributed by atoms with Gasteiger partial charge >= 0.3 is 0 Å². The van der Waals surface area contributed by atoms with Gasteiger partial charge in [-0.05, 0) is 38.2 Å². The van der Waals surface area contributed by atoms with E-state index in [4.69, 9.17) is 0 Å². The van der Waals surface area contributed by atoms with Gasteiger partial charge in [0.2, 0.25) is 11.8 Å². The molecule has 2 aliphatic heterocycles. The number of carbonyl (C=O) groups is 3. The molecule has 2 aliphatic rings. The molecule has 2 aromatic heterocycles. The molecule has 1 atom stereocenters. The summed E-state index contributed by atoms with van der Waals surface area (Å²) in [6, 6.07) is 1.79. The maximum absolute atomic E-state index is 13.4. The highest BCUT2D eigenvalue weighted by Crippen LogP contribution is 2.34. The summed E-state index contributed by atoms with van der Waals surface area (Å²) in [5.41, 5.74) is 1.80. The molecule has 4 heterocycles. The SMILES string of the molecule is CNC(=O)c1cnn2c(C3CCCCN3C(=O)C3CCN(C(C)=O)CC3)ccnc12. The van der Waals surface area contributed by atoms with Crippen molar-refractivity contribution in [1.29, 1.82) is 0 Å². The first-order valence-electron chi connectivity index (χ1n) is 10.6. The minimum atomic E-state index is -0.233. The lowest BCUT2D eigenvalue weighted by molar-refractivity contribution is -0.143. The molecule has 0 aliphatic carbocycles. The van der Waals surface area contributed by atoms with E-state index >= 15 is 0 Å². The fourth-order valence-electron chi connectivity index (χ4n) is 4.64. The third-order valence-electron chi connectivity index (χ3n) is 6.32. The Kier molecular flexibility index (Phi) is 5.69. The third-order valence-corrected chi connectivity index (χ3v) is 6.32. The number of fused-ring (bicyclic) bond motifs is 1. The quantitative estimate of drug-likeness (QED) is 0.821. The highest BCUT2D eigenvalue weighted by atomic mass is 16.2. The highest BCUT2D eigenvalue weighted by Gasteiger charge is 2.35. The number of hydrogen-bond donors (Lipinski definition) is 1. The van der Waals surface area contributed by atoms with Gasteiger partial charge in [-0.3, -0.25) is 14.4 Å². The Morgan fingerprint density at radius 3 is 2.57 bits per heavy atom. The lowest BCUT2D eigenvalue weighted by Crippen LogP contribution is -2.46. The maximum atomic E-state index is 13.4. The minimum Gasteiger partial charge on any atom is -0.355 e. The van der Waals surface area contributed by atoms with Crippen LogP contribution in [0.1, 0.15) is 61.1 Å². The molecule has 3 amide bonds. The van der Waals surface area contributed by atoms with Gasteiger partial charge in [0, 0.05) is 45.7 Å². The molecule has 1 unspecified atom stereocenters. The standard InChI is InChI=1S/C21H28N6O3/c1-14(28)25-11-7-15(8-12-25)21(30)26-10-4-3-5-17(26)18-6-9-23-19-16(20(29)22-2)13-24-27(18)19/h6,9,13,15,17H,3-5,7-8,10-12H2,1-2H3,(H,22,29). The zero-order chi connectivity index (χ0) is 21.3. The number of amides is 3. The zero-order valence-corrected chi connectivity index (χ0v) is 17.5. The molecule has 0 spiro atoms. The highest BCUT2D eigenvalue weighted by molar-refractivity contribution is 5.99. The van der Waals surface area contributed by atoms with Gasteiger partial charge in [-0.25, -0.2) is 9.50 Å². The van der Waals surface area contributed by atoms with Crippen LogP contribution in [0.25, 0.3) is 5.65 Å². The molecular formula is C21H28N6O3. The van der Waals surface area contributed by atoms with Crippen molar-refractivity contribution in [2.45, 2.75) is 45.1 Å². The van der Waals surface area contributed by atoms with Crippen molar-refractivity contribution in [3.05, 3.63) is 29.7 Å². The average molecular weight is 412 g/mol. The lowest BCUT2D eigenvalue weighted by atomic mass is 9.91. The Morgan fingerprint density at radius 1 is 1.10 bits per heavy atom. The first kappa shape index (κ1) is 20.3. The van der Waals surface area contributed by atoms with Crippen molar-refractivity contribution in [3.8, 4) is 0 Å². The van der Waals surface area contributed by atoms with E-state index in [1.54, 1.807) is 24.7 Å². The number of carbonyl (C=O) groups excluding carboxylic acids is 3. The number of rotatable bonds is 3. The Morgan fingerprint density at radius 2 is 1.87 bits per heavy atom. The average Bonchev–Trinajstić information content (AvgIpc) is 3.22. The number of nitrogens with one attached hydrogen (secondary N) is 1. The predicted octanol–water partition coefficient (Wildman–Crippen LogP) is 1.40. The van der Waals surface area contributed by atoms with E-state index in [-0.39, 0.29) is 29.7 Å². The van der Waals surface area contributed by atoms with Gasteiger partial charge in [-0.1, -0.05) is 0 Å². The molecule has 160 valence electrons. The Hall–Kier alpha value is -2.97. The van der Waals surface area contributed by atoms with E-state index in [0.29, 0.717) is 43.7 Å². The van der Waals surface area contributed by atoms with Gasteiger partial charge in [0.15, 0.2) is 5.65 Å². The van der Waals surface area contributed by atoms with Crippen LogP contribution in [0, 0.1) is 5.92 Å². The number of likely N-dealkylation sites (tertiary alicyclic amines) is 2. The number of piperidine rings is 2. The summed E-state index contributed by atoms with van der Waals surface area (Å²) in [5, 5.41) is 7.02. The molecule has 0 saturated carbocycles. The van der Waals surface area contributed by atoms with Crippen LogP contribution in [0.15, 0.2) is 18.5 Å². The molecular weight excluding hydrogens is 384 g/mol. The topological polar surface area (TPSA) is 99.9 Å². The zero-order valence-electron chi connectivity index (χ0n) is 17.5.